The molecule has 0 saturated carbocycles. The van der Waals surface area contributed by atoms with E-state index < -0.39 is 0 Å². The van der Waals surface area contributed by atoms with E-state index in [9.17, 15) is 0 Å². The summed E-state index contributed by atoms with van der Waals surface area (Å²) in [4.78, 5) is 2.61. The first-order chi connectivity index (χ1) is 8.60. The first-order valence-corrected chi connectivity index (χ1v) is 7.50. The minimum atomic E-state index is 0.416. The highest BCUT2D eigenvalue weighted by molar-refractivity contribution is 4.86. The van der Waals surface area contributed by atoms with Crippen molar-refractivity contribution in [3.63, 3.8) is 0 Å². The molecule has 0 spiro atoms. The molecular formula is C15H32N2O. The van der Waals surface area contributed by atoms with Crippen molar-refractivity contribution in [2.75, 3.05) is 40.3 Å². The van der Waals surface area contributed by atoms with Gasteiger partial charge in [0, 0.05) is 26.7 Å². The third-order valence-corrected chi connectivity index (χ3v) is 4.89. The Hall–Kier alpha value is -0.120. The minimum Gasteiger partial charge on any atom is -0.380 e. The molecule has 1 aliphatic heterocycles. The van der Waals surface area contributed by atoms with Gasteiger partial charge in [0.1, 0.15) is 0 Å². The van der Waals surface area contributed by atoms with Gasteiger partial charge in [-0.05, 0) is 44.2 Å². The van der Waals surface area contributed by atoms with E-state index in [-0.39, 0.29) is 0 Å². The first-order valence-electron chi connectivity index (χ1n) is 7.50. The normalized spacial score (nSPS) is 26.5. The Morgan fingerprint density at radius 2 is 2.00 bits per heavy atom. The molecule has 18 heavy (non-hydrogen) atoms. The second kappa shape index (κ2) is 7.46. The molecule has 108 valence electrons. The average Bonchev–Trinajstić information content (AvgIpc) is 2.40. The highest BCUT2D eigenvalue weighted by Gasteiger charge is 2.32. The van der Waals surface area contributed by atoms with Gasteiger partial charge in [-0.25, -0.2) is 0 Å². The molecule has 2 atom stereocenters. The molecule has 1 fully saturated rings. The Morgan fingerprint density at radius 1 is 1.33 bits per heavy atom. The van der Waals surface area contributed by atoms with Crippen LogP contribution in [0.5, 0.6) is 0 Å². The maximum absolute atomic E-state index is 5.62. The fraction of sp³-hybridized carbons (Fsp3) is 1.00. The summed E-state index contributed by atoms with van der Waals surface area (Å²) < 4.78 is 5.62. The van der Waals surface area contributed by atoms with Crippen LogP contribution < -0.4 is 5.32 Å². The smallest absolute Gasteiger partial charge is 0.0724 e. The van der Waals surface area contributed by atoms with E-state index in [4.69, 9.17) is 4.74 Å². The van der Waals surface area contributed by atoms with Crippen LogP contribution >= 0.6 is 0 Å². The van der Waals surface area contributed by atoms with Crippen LogP contribution in [0.3, 0.4) is 0 Å². The Balaban J connectivity index is 2.59. The summed E-state index contributed by atoms with van der Waals surface area (Å²) in [5.41, 5.74) is 0.424. The highest BCUT2D eigenvalue weighted by Crippen LogP contribution is 2.29. The van der Waals surface area contributed by atoms with Crippen molar-refractivity contribution in [3.8, 4) is 0 Å². The van der Waals surface area contributed by atoms with E-state index in [1.165, 1.54) is 32.4 Å². The van der Waals surface area contributed by atoms with E-state index in [0.717, 1.165) is 13.1 Å². The van der Waals surface area contributed by atoms with Crippen molar-refractivity contribution in [2.24, 2.45) is 11.3 Å². The molecule has 0 aliphatic carbocycles. The number of hydrogen-bond acceptors (Lipinski definition) is 3. The summed E-state index contributed by atoms with van der Waals surface area (Å²) in [5.74, 6) is 0.702. The van der Waals surface area contributed by atoms with Crippen LogP contribution in [0.25, 0.3) is 0 Å². The summed E-state index contributed by atoms with van der Waals surface area (Å²) in [7, 11) is 3.92. The van der Waals surface area contributed by atoms with Crippen molar-refractivity contribution in [1.29, 1.82) is 0 Å². The van der Waals surface area contributed by atoms with Gasteiger partial charge in [-0.1, -0.05) is 20.8 Å². The van der Waals surface area contributed by atoms with Gasteiger partial charge in [-0.2, -0.15) is 0 Å². The number of nitrogens with zero attached hydrogens (tertiary/aromatic N) is 1. The van der Waals surface area contributed by atoms with Gasteiger partial charge in [0.25, 0.3) is 0 Å². The number of methoxy groups -OCH3 is 1. The molecule has 0 aromatic rings. The molecule has 3 nitrogen and oxygen atoms in total. The fourth-order valence-corrected chi connectivity index (χ4v) is 3.18. The molecule has 0 amide bonds. The lowest BCUT2D eigenvalue weighted by atomic mass is 9.80. The Morgan fingerprint density at radius 3 is 2.50 bits per heavy atom. The van der Waals surface area contributed by atoms with Crippen molar-refractivity contribution >= 4 is 0 Å². The number of hydrogen-bond donors (Lipinski definition) is 1. The predicted octanol–water partition coefficient (Wildman–Crippen LogP) is 2.37. The van der Waals surface area contributed by atoms with E-state index in [1.807, 2.05) is 7.11 Å². The van der Waals surface area contributed by atoms with Gasteiger partial charge >= 0.3 is 0 Å². The van der Waals surface area contributed by atoms with Crippen LogP contribution in [-0.4, -0.2) is 51.3 Å². The molecule has 1 heterocycles. The molecule has 1 saturated heterocycles. The zero-order chi connectivity index (χ0) is 13.6. The lowest BCUT2D eigenvalue weighted by Gasteiger charge is -2.42. The monoisotopic (exact) mass is 256 g/mol. The van der Waals surface area contributed by atoms with Gasteiger partial charge in [0.05, 0.1) is 6.10 Å². The zero-order valence-corrected chi connectivity index (χ0v) is 13.0. The number of likely N-dealkylation sites (tertiary alicyclic amines) is 1. The van der Waals surface area contributed by atoms with Crippen LogP contribution in [-0.2, 0) is 4.74 Å². The van der Waals surface area contributed by atoms with Crippen molar-refractivity contribution in [2.45, 2.75) is 46.1 Å². The summed E-state index contributed by atoms with van der Waals surface area (Å²) in [6.45, 7) is 11.6. The predicted molar refractivity (Wildman–Crippen MR) is 78.0 cm³/mol. The molecular weight excluding hydrogens is 224 g/mol. The van der Waals surface area contributed by atoms with Crippen molar-refractivity contribution < 1.29 is 4.74 Å². The molecule has 0 aromatic carbocycles. The number of piperidine rings is 1. The third kappa shape index (κ3) is 3.94. The van der Waals surface area contributed by atoms with Gasteiger partial charge in [0.15, 0.2) is 0 Å². The number of rotatable bonds is 7. The van der Waals surface area contributed by atoms with Crippen LogP contribution in [0, 0.1) is 11.3 Å². The molecule has 3 heteroatoms. The summed E-state index contributed by atoms with van der Waals surface area (Å²) in [5, 5.41) is 3.38. The van der Waals surface area contributed by atoms with Crippen LogP contribution in [0.15, 0.2) is 0 Å². The summed E-state index contributed by atoms with van der Waals surface area (Å²) >= 11 is 0. The second-order valence-corrected chi connectivity index (χ2v) is 6.01. The number of nitrogens with one attached hydrogen (secondary N) is 1. The molecule has 1 aliphatic rings. The molecule has 0 radical (unpaired) electrons. The van der Waals surface area contributed by atoms with E-state index in [0.29, 0.717) is 17.4 Å². The number of ether oxygens (including phenoxy) is 1. The minimum absolute atomic E-state index is 0.416. The van der Waals surface area contributed by atoms with Gasteiger partial charge < -0.3 is 15.0 Å². The molecule has 1 rings (SSSR count). The van der Waals surface area contributed by atoms with E-state index in [1.54, 1.807) is 0 Å². The van der Waals surface area contributed by atoms with Gasteiger partial charge in [0.2, 0.25) is 0 Å². The zero-order valence-electron chi connectivity index (χ0n) is 13.0. The topological polar surface area (TPSA) is 24.5 Å². The molecule has 0 aromatic heterocycles. The Kier molecular flexibility index (Phi) is 6.61. The highest BCUT2D eigenvalue weighted by atomic mass is 16.5. The standard InChI is InChI=1S/C15H32N2O/c1-6-15(7-2,11-16-4)12-17-9-8-13(3)14(10-17)18-5/h13-14,16H,6-12H2,1-5H3. The van der Waals surface area contributed by atoms with Gasteiger partial charge in [-0.15, -0.1) is 0 Å². The Labute approximate surface area is 113 Å². The van der Waals surface area contributed by atoms with Crippen LogP contribution in [0.2, 0.25) is 0 Å². The van der Waals surface area contributed by atoms with E-state index >= 15 is 0 Å². The largest absolute Gasteiger partial charge is 0.380 e. The van der Waals surface area contributed by atoms with Gasteiger partial charge in [-0.3, -0.25) is 0 Å². The molecule has 2 unspecified atom stereocenters. The lowest BCUT2D eigenvalue weighted by Crippen LogP contribution is -2.50. The second-order valence-electron chi connectivity index (χ2n) is 6.01. The fourth-order valence-electron chi connectivity index (χ4n) is 3.18. The third-order valence-electron chi connectivity index (χ3n) is 4.89. The van der Waals surface area contributed by atoms with Crippen molar-refractivity contribution in [1.82, 2.24) is 10.2 Å². The van der Waals surface area contributed by atoms with Crippen LogP contribution in [0.4, 0.5) is 0 Å². The molecule has 1 N–H and O–H groups in total. The van der Waals surface area contributed by atoms with Crippen LogP contribution in [0.1, 0.15) is 40.0 Å². The summed E-state index contributed by atoms with van der Waals surface area (Å²) in [6.07, 6.45) is 4.17. The average molecular weight is 256 g/mol. The first kappa shape index (κ1) is 15.9. The van der Waals surface area contributed by atoms with Crippen molar-refractivity contribution in [3.05, 3.63) is 0 Å². The Bertz CT molecular complexity index is 229. The lowest BCUT2D eigenvalue weighted by molar-refractivity contribution is -0.0190. The maximum Gasteiger partial charge on any atom is 0.0724 e. The summed E-state index contributed by atoms with van der Waals surface area (Å²) in [6, 6.07) is 0. The molecule has 0 bridgehead atoms. The quantitative estimate of drug-likeness (QED) is 0.757. The SMILES string of the molecule is CCC(CC)(CNC)CN1CCC(C)C(OC)C1. The maximum atomic E-state index is 5.62. The van der Waals surface area contributed by atoms with E-state index in [2.05, 4.69) is 38.0 Å².